The summed E-state index contributed by atoms with van der Waals surface area (Å²) in [5, 5.41) is 8.87. The molecular formula is C108H66N8O2. The Hall–Kier alpha value is -16.0. The molecule has 6 aromatic heterocycles. The summed E-state index contributed by atoms with van der Waals surface area (Å²) in [5.74, 6) is 3.55. The van der Waals surface area contributed by atoms with Gasteiger partial charge in [-0.2, -0.15) is 0 Å². The number of fused-ring (bicyclic) bond motifs is 12. The van der Waals surface area contributed by atoms with Gasteiger partial charge in [0.05, 0.1) is 22.1 Å². The predicted molar refractivity (Wildman–Crippen MR) is 482 cm³/mol. The van der Waals surface area contributed by atoms with Gasteiger partial charge in [-0.05, 0) is 182 Å². The van der Waals surface area contributed by atoms with E-state index in [1.54, 1.807) is 0 Å². The molecule has 23 rings (SSSR count). The summed E-state index contributed by atoms with van der Waals surface area (Å²) in [6, 6.07) is 141. The van der Waals surface area contributed by atoms with E-state index in [1.165, 1.54) is 33.0 Å². The van der Waals surface area contributed by atoms with Crippen molar-refractivity contribution in [1.29, 1.82) is 0 Å². The third-order valence-corrected chi connectivity index (χ3v) is 23.0. The van der Waals surface area contributed by atoms with Crippen LogP contribution in [0.5, 0.6) is 0 Å². The van der Waals surface area contributed by atoms with E-state index < -0.39 is 0 Å². The SMILES string of the molecule is c1ccc(-c2cc(-c3ccccc3)cc(-c3ccc4c(c3)oc3cc(-c5ccc(-c6nc(-c7ccccc7)nc(-c7cccc(-c8cccc(-n9c%10ccccc%10c%10ccc(-c%11ccc%12c(c%11)c%11ccccc%11n%12-c%11ccc%12c(c%11)oc%11cc(-c%13nc(-c%14ccccc%14)nc(-c%14ccccc%14)n%13)ccc%11%12)cc%109)c8)c7)n6)cc5)ccc34)c2)cc1. The Morgan fingerprint density at radius 1 is 0.144 bits per heavy atom. The Kier molecular flexibility index (Phi) is 16.0. The molecular weight excluding hydrogens is 1440 g/mol. The van der Waals surface area contributed by atoms with Crippen LogP contribution in [-0.4, -0.2) is 39.0 Å². The molecule has 550 valence electrons. The van der Waals surface area contributed by atoms with Gasteiger partial charge in [-0.15, -0.1) is 0 Å². The fourth-order valence-electron chi connectivity index (χ4n) is 17.2. The summed E-state index contributed by atoms with van der Waals surface area (Å²) in [5.41, 5.74) is 28.4. The van der Waals surface area contributed by atoms with E-state index in [1.807, 2.05) is 78.9 Å². The number of aromatic nitrogens is 8. The van der Waals surface area contributed by atoms with Gasteiger partial charge in [0.25, 0.3) is 0 Å². The van der Waals surface area contributed by atoms with Gasteiger partial charge >= 0.3 is 0 Å². The quantitative estimate of drug-likeness (QED) is 0.106. The molecule has 6 heterocycles. The predicted octanol–water partition coefficient (Wildman–Crippen LogP) is 28.1. The molecule has 0 saturated carbocycles. The van der Waals surface area contributed by atoms with Crippen molar-refractivity contribution in [1.82, 2.24) is 39.0 Å². The lowest BCUT2D eigenvalue weighted by molar-refractivity contribution is 0.668. The van der Waals surface area contributed by atoms with Gasteiger partial charge in [-0.1, -0.05) is 279 Å². The number of benzene rings is 17. The topological polar surface area (TPSA) is 113 Å². The monoisotopic (exact) mass is 1510 g/mol. The minimum atomic E-state index is 0.574. The zero-order valence-corrected chi connectivity index (χ0v) is 63.5. The van der Waals surface area contributed by atoms with E-state index in [-0.39, 0.29) is 0 Å². The Morgan fingerprint density at radius 3 is 0.958 bits per heavy atom. The third kappa shape index (κ3) is 12.0. The standard InChI is InChI=1S/C108H66N8O2/c1-6-22-67(23-7-1)82-57-83(68-24-8-2-9-25-68)59-84(58-82)79-46-52-91-90-51-45-78(63-99(90)117-100(91)64-79)69-40-42-73(43-41-69)106-110-105(72-30-14-5-15-31-72)111-107(114-106)80-34-20-32-74(56-80)75-33-21-35-85(60-75)116-95-38-18-16-36-87(95)89-50-44-77(62-98(89)116)76-48-55-97-94(61-76)88-37-17-19-39-96(88)115(97)86-49-54-93-92-53-47-81(65-101(92)118-102(93)66-86)108-112-103(70-26-10-3-11-27-70)109-104(113-108)71-28-12-4-13-29-71/h1-66H. The lowest BCUT2D eigenvalue weighted by Crippen LogP contribution is -2.00. The van der Waals surface area contributed by atoms with E-state index >= 15 is 0 Å². The molecule has 0 radical (unpaired) electrons. The van der Waals surface area contributed by atoms with Crippen molar-refractivity contribution >= 4 is 87.5 Å². The Morgan fingerprint density at radius 2 is 0.424 bits per heavy atom. The fourth-order valence-corrected chi connectivity index (χ4v) is 17.2. The molecule has 0 aliphatic rings. The van der Waals surface area contributed by atoms with Gasteiger partial charge < -0.3 is 18.0 Å². The lowest BCUT2D eigenvalue weighted by atomic mass is 9.93. The smallest absolute Gasteiger partial charge is 0.164 e. The highest BCUT2D eigenvalue weighted by atomic mass is 16.3. The second kappa shape index (κ2) is 28.0. The normalized spacial score (nSPS) is 11.7. The number of nitrogens with zero attached hydrogens (tertiary/aromatic N) is 8. The van der Waals surface area contributed by atoms with Gasteiger partial charge in [-0.25, -0.2) is 29.9 Å². The molecule has 118 heavy (non-hydrogen) atoms. The van der Waals surface area contributed by atoms with Crippen LogP contribution in [0.4, 0.5) is 0 Å². The number of furan rings is 2. The zero-order chi connectivity index (χ0) is 77.7. The van der Waals surface area contributed by atoms with Crippen molar-refractivity contribution in [3.8, 4) is 146 Å². The zero-order valence-electron chi connectivity index (χ0n) is 63.5. The van der Waals surface area contributed by atoms with Crippen molar-refractivity contribution in [2.75, 3.05) is 0 Å². The van der Waals surface area contributed by atoms with Crippen molar-refractivity contribution in [2.45, 2.75) is 0 Å². The van der Waals surface area contributed by atoms with Crippen LogP contribution >= 0.6 is 0 Å². The molecule has 0 N–H and O–H groups in total. The van der Waals surface area contributed by atoms with Crippen LogP contribution in [0.1, 0.15) is 0 Å². The first-order chi connectivity index (χ1) is 58.4. The summed E-state index contributed by atoms with van der Waals surface area (Å²) in [7, 11) is 0. The Bertz CT molecular complexity index is 7790. The number of rotatable bonds is 14. The van der Waals surface area contributed by atoms with Crippen LogP contribution in [-0.2, 0) is 0 Å². The van der Waals surface area contributed by atoms with Crippen LogP contribution in [0, 0.1) is 0 Å². The second-order valence-corrected chi connectivity index (χ2v) is 30.1. The molecule has 23 aromatic rings. The van der Waals surface area contributed by atoms with Crippen LogP contribution in [0.2, 0.25) is 0 Å². The molecule has 0 amide bonds. The molecule has 0 atom stereocenters. The van der Waals surface area contributed by atoms with Crippen molar-refractivity contribution < 1.29 is 8.83 Å². The maximum Gasteiger partial charge on any atom is 0.164 e. The molecule has 10 nitrogen and oxygen atoms in total. The third-order valence-electron chi connectivity index (χ3n) is 23.0. The maximum absolute atomic E-state index is 6.82. The number of hydrogen-bond donors (Lipinski definition) is 0. The van der Waals surface area contributed by atoms with E-state index in [9.17, 15) is 0 Å². The average Bonchev–Trinajstić information content (AvgIpc) is 1.59. The second-order valence-electron chi connectivity index (χ2n) is 30.1. The molecule has 0 aliphatic heterocycles. The summed E-state index contributed by atoms with van der Waals surface area (Å²) in [6.45, 7) is 0. The minimum absolute atomic E-state index is 0.574. The minimum Gasteiger partial charge on any atom is -0.456 e. The average molecular weight is 1510 g/mol. The van der Waals surface area contributed by atoms with E-state index in [0.29, 0.717) is 34.9 Å². The van der Waals surface area contributed by atoms with Crippen LogP contribution in [0.15, 0.2) is 409 Å². The van der Waals surface area contributed by atoms with Crippen molar-refractivity contribution in [3.05, 3.63) is 400 Å². The first kappa shape index (κ1) is 67.6. The Labute approximate surface area is 677 Å². The molecule has 10 heteroatoms. The molecule has 0 aliphatic carbocycles. The van der Waals surface area contributed by atoms with E-state index in [2.05, 4.69) is 331 Å². The number of para-hydroxylation sites is 2. The largest absolute Gasteiger partial charge is 0.456 e. The molecule has 0 fully saturated rings. The summed E-state index contributed by atoms with van der Waals surface area (Å²) in [6.07, 6.45) is 0. The molecule has 0 saturated heterocycles. The van der Waals surface area contributed by atoms with Gasteiger partial charge in [-0.3, -0.25) is 0 Å². The van der Waals surface area contributed by atoms with Gasteiger partial charge in [0.1, 0.15) is 22.3 Å². The number of hydrogen-bond acceptors (Lipinski definition) is 8. The van der Waals surface area contributed by atoms with Gasteiger partial charge in [0, 0.05) is 93.9 Å². The highest BCUT2D eigenvalue weighted by Crippen LogP contribution is 2.44. The molecule has 17 aromatic carbocycles. The first-order valence-electron chi connectivity index (χ1n) is 39.7. The van der Waals surface area contributed by atoms with E-state index in [0.717, 1.165) is 166 Å². The molecule has 0 bridgehead atoms. The van der Waals surface area contributed by atoms with Crippen molar-refractivity contribution in [3.63, 3.8) is 0 Å². The highest BCUT2D eigenvalue weighted by Gasteiger charge is 2.23. The fraction of sp³-hybridized carbons (Fsp3) is 0. The lowest BCUT2D eigenvalue weighted by Gasteiger charge is -2.12. The summed E-state index contributed by atoms with van der Waals surface area (Å²) >= 11 is 0. The van der Waals surface area contributed by atoms with Crippen LogP contribution in [0.3, 0.4) is 0 Å². The van der Waals surface area contributed by atoms with Crippen LogP contribution in [0.25, 0.3) is 234 Å². The maximum atomic E-state index is 6.82. The van der Waals surface area contributed by atoms with Crippen molar-refractivity contribution in [2.24, 2.45) is 0 Å². The van der Waals surface area contributed by atoms with Crippen LogP contribution < -0.4 is 0 Å². The first-order valence-corrected chi connectivity index (χ1v) is 39.7. The van der Waals surface area contributed by atoms with E-state index in [4.69, 9.17) is 38.7 Å². The Balaban J connectivity index is 0.546. The summed E-state index contributed by atoms with van der Waals surface area (Å²) in [4.78, 5) is 30.6. The molecule has 0 unspecified atom stereocenters. The highest BCUT2D eigenvalue weighted by molar-refractivity contribution is 6.14. The van der Waals surface area contributed by atoms with Gasteiger partial charge in [0.2, 0.25) is 0 Å². The summed E-state index contributed by atoms with van der Waals surface area (Å²) < 4.78 is 18.3. The van der Waals surface area contributed by atoms with Gasteiger partial charge in [0.15, 0.2) is 34.9 Å². The molecule has 0 spiro atoms.